The average Bonchev–Trinajstić information content (AvgIpc) is 2.78. The van der Waals surface area contributed by atoms with Gasteiger partial charge in [-0.3, -0.25) is 4.79 Å². The highest BCUT2D eigenvalue weighted by atomic mass is 16.6. The lowest BCUT2D eigenvalue weighted by molar-refractivity contribution is -0.149. The van der Waals surface area contributed by atoms with Gasteiger partial charge in [-0.15, -0.1) is 13.2 Å². The van der Waals surface area contributed by atoms with E-state index in [2.05, 4.69) is 20.1 Å². The first kappa shape index (κ1) is 29.9. The van der Waals surface area contributed by atoms with Crippen LogP contribution in [0.2, 0.25) is 0 Å². The Morgan fingerprint density at radius 1 is 0.710 bits per heavy atom. The molecule has 0 aliphatic heterocycles. The summed E-state index contributed by atoms with van der Waals surface area (Å²) in [7, 11) is 0. The summed E-state index contributed by atoms with van der Waals surface area (Å²) in [5.74, 6) is -0.148. The van der Waals surface area contributed by atoms with Crippen LogP contribution >= 0.6 is 0 Å². The van der Waals surface area contributed by atoms with Crippen molar-refractivity contribution in [1.29, 1.82) is 0 Å². The SMILES string of the molecule is C=CCOCC(COC(=O)CCCCCCCCCCCCCCCCC)OCC=C. The zero-order valence-electron chi connectivity index (χ0n) is 20.4. The summed E-state index contributed by atoms with van der Waals surface area (Å²) in [6.07, 6.45) is 23.4. The van der Waals surface area contributed by atoms with Gasteiger partial charge in [0.05, 0.1) is 19.8 Å². The molecule has 31 heavy (non-hydrogen) atoms. The van der Waals surface area contributed by atoms with Crippen LogP contribution in [-0.4, -0.2) is 38.5 Å². The molecule has 0 aromatic carbocycles. The molecule has 0 aliphatic carbocycles. The largest absolute Gasteiger partial charge is 0.463 e. The highest BCUT2D eigenvalue weighted by molar-refractivity contribution is 5.69. The topological polar surface area (TPSA) is 44.8 Å². The fraction of sp³-hybridized carbons (Fsp3) is 0.815. The molecule has 1 unspecified atom stereocenters. The van der Waals surface area contributed by atoms with E-state index in [9.17, 15) is 4.79 Å². The molecule has 0 rings (SSSR count). The Morgan fingerprint density at radius 3 is 1.68 bits per heavy atom. The van der Waals surface area contributed by atoms with Crippen LogP contribution in [-0.2, 0) is 19.0 Å². The highest BCUT2D eigenvalue weighted by Gasteiger charge is 2.12. The number of esters is 1. The Hall–Kier alpha value is -1.13. The number of unbranched alkanes of at least 4 members (excludes halogenated alkanes) is 14. The minimum Gasteiger partial charge on any atom is -0.463 e. The third kappa shape index (κ3) is 23.4. The number of hydrogen-bond acceptors (Lipinski definition) is 4. The molecular weight excluding hydrogens is 388 g/mol. The number of ether oxygens (including phenoxy) is 3. The van der Waals surface area contributed by atoms with Gasteiger partial charge in [-0.1, -0.05) is 109 Å². The van der Waals surface area contributed by atoms with Crippen molar-refractivity contribution < 1.29 is 19.0 Å². The van der Waals surface area contributed by atoms with Gasteiger partial charge in [0.1, 0.15) is 12.7 Å². The molecule has 0 bridgehead atoms. The predicted molar refractivity (Wildman–Crippen MR) is 131 cm³/mol. The maximum Gasteiger partial charge on any atom is 0.305 e. The van der Waals surface area contributed by atoms with E-state index in [1.165, 1.54) is 83.5 Å². The van der Waals surface area contributed by atoms with Crippen LogP contribution in [0.1, 0.15) is 110 Å². The van der Waals surface area contributed by atoms with Crippen molar-refractivity contribution in [3.05, 3.63) is 25.3 Å². The van der Waals surface area contributed by atoms with Crippen LogP contribution in [0, 0.1) is 0 Å². The van der Waals surface area contributed by atoms with Gasteiger partial charge in [-0.2, -0.15) is 0 Å². The average molecular weight is 439 g/mol. The van der Waals surface area contributed by atoms with Crippen LogP contribution in [0.25, 0.3) is 0 Å². The van der Waals surface area contributed by atoms with Gasteiger partial charge in [-0.05, 0) is 6.42 Å². The normalized spacial score (nSPS) is 11.9. The van der Waals surface area contributed by atoms with E-state index in [0.717, 1.165) is 12.8 Å². The lowest BCUT2D eigenvalue weighted by Crippen LogP contribution is -2.27. The molecule has 0 saturated heterocycles. The molecule has 0 aromatic rings. The third-order valence-electron chi connectivity index (χ3n) is 5.40. The number of hydrogen-bond donors (Lipinski definition) is 0. The van der Waals surface area contributed by atoms with Crippen molar-refractivity contribution >= 4 is 5.97 Å². The molecule has 0 saturated carbocycles. The van der Waals surface area contributed by atoms with Crippen molar-refractivity contribution in [3.63, 3.8) is 0 Å². The summed E-state index contributed by atoms with van der Waals surface area (Å²) in [6, 6.07) is 0. The van der Waals surface area contributed by atoms with Crippen molar-refractivity contribution in [2.75, 3.05) is 26.4 Å². The molecule has 4 heteroatoms. The second-order valence-electron chi connectivity index (χ2n) is 8.45. The van der Waals surface area contributed by atoms with Gasteiger partial charge >= 0.3 is 5.97 Å². The quantitative estimate of drug-likeness (QED) is 0.0837. The first-order valence-electron chi connectivity index (χ1n) is 12.8. The van der Waals surface area contributed by atoms with Crippen LogP contribution < -0.4 is 0 Å². The monoisotopic (exact) mass is 438 g/mol. The number of carbonyl (C=O) groups is 1. The molecular formula is C27H50O4. The summed E-state index contributed by atoms with van der Waals surface area (Å²) in [4.78, 5) is 11.9. The first-order valence-corrected chi connectivity index (χ1v) is 12.8. The van der Waals surface area contributed by atoms with E-state index in [1.54, 1.807) is 12.2 Å². The second kappa shape index (κ2) is 25.1. The standard InChI is InChI=1S/C27H50O4/c1-4-7-8-9-10-11-12-13-14-15-16-17-18-19-20-21-27(28)31-25-26(30-23-6-3)24-29-22-5-2/h5-6,26H,2-4,7-25H2,1H3. The molecule has 1 atom stereocenters. The first-order chi connectivity index (χ1) is 15.2. The zero-order chi connectivity index (χ0) is 22.8. The van der Waals surface area contributed by atoms with Crippen molar-refractivity contribution in [1.82, 2.24) is 0 Å². The molecule has 0 heterocycles. The van der Waals surface area contributed by atoms with E-state index >= 15 is 0 Å². The molecule has 182 valence electrons. The molecule has 0 radical (unpaired) electrons. The van der Waals surface area contributed by atoms with Gasteiger partial charge in [-0.25, -0.2) is 0 Å². The molecule has 0 amide bonds. The van der Waals surface area contributed by atoms with Gasteiger partial charge in [0.2, 0.25) is 0 Å². The minimum atomic E-state index is -0.261. The second-order valence-corrected chi connectivity index (χ2v) is 8.45. The fourth-order valence-corrected chi connectivity index (χ4v) is 3.53. The Labute approximate surface area is 192 Å². The summed E-state index contributed by atoms with van der Waals surface area (Å²) < 4.78 is 16.3. The maximum absolute atomic E-state index is 11.9. The smallest absolute Gasteiger partial charge is 0.305 e. The van der Waals surface area contributed by atoms with E-state index in [1.807, 2.05) is 0 Å². The van der Waals surface area contributed by atoms with Gasteiger partial charge in [0.25, 0.3) is 0 Å². The molecule has 0 fully saturated rings. The molecule has 0 N–H and O–H groups in total. The molecule has 0 aromatic heterocycles. The number of rotatable bonds is 25. The third-order valence-corrected chi connectivity index (χ3v) is 5.40. The Morgan fingerprint density at radius 2 is 1.19 bits per heavy atom. The predicted octanol–water partition coefficient (Wildman–Crippen LogP) is 7.56. The van der Waals surface area contributed by atoms with Crippen molar-refractivity contribution in [3.8, 4) is 0 Å². The van der Waals surface area contributed by atoms with E-state index in [-0.39, 0.29) is 18.7 Å². The fourth-order valence-electron chi connectivity index (χ4n) is 3.53. The van der Waals surface area contributed by atoms with E-state index < -0.39 is 0 Å². The number of carbonyl (C=O) groups excluding carboxylic acids is 1. The van der Waals surface area contributed by atoms with Gasteiger partial charge in [0.15, 0.2) is 0 Å². The zero-order valence-corrected chi connectivity index (χ0v) is 20.4. The van der Waals surface area contributed by atoms with Crippen LogP contribution in [0.5, 0.6) is 0 Å². The van der Waals surface area contributed by atoms with Crippen LogP contribution in [0.4, 0.5) is 0 Å². The maximum atomic E-state index is 11.9. The van der Waals surface area contributed by atoms with Crippen LogP contribution in [0.3, 0.4) is 0 Å². The van der Waals surface area contributed by atoms with Crippen molar-refractivity contribution in [2.45, 2.75) is 116 Å². The molecule has 0 spiro atoms. The highest BCUT2D eigenvalue weighted by Crippen LogP contribution is 2.14. The van der Waals surface area contributed by atoms with E-state index in [4.69, 9.17) is 14.2 Å². The van der Waals surface area contributed by atoms with Gasteiger partial charge in [0, 0.05) is 6.42 Å². The summed E-state index contributed by atoms with van der Waals surface area (Å²) in [5.41, 5.74) is 0. The van der Waals surface area contributed by atoms with E-state index in [0.29, 0.717) is 26.2 Å². The summed E-state index contributed by atoms with van der Waals surface area (Å²) in [6.45, 7) is 11.0. The van der Waals surface area contributed by atoms with Crippen molar-refractivity contribution in [2.24, 2.45) is 0 Å². The Bertz CT molecular complexity index is 408. The van der Waals surface area contributed by atoms with Gasteiger partial charge < -0.3 is 14.2 Å². The lowest BCUT2D eigenvalue weighted by atomic mass is 10.0. The minimum absolute atomic E-state index is 0.148. The Kier molecular flexibility index (Phi) is 24.2. The van der Waals surface area contributed by atoms with Crippen LogP contribution in [0.15, 0.2) is 25.3 Å². The summed E-state index contributed by atoms with van der Waals surface area (Å²) in [5, 5.41) is 0. The summed E-state index contributed by atoms with van der Waals surface area (Å²) >= 11 is 0. The lowest BCUT2D eigenvalue weighted by Gasteiger charge is -2.17. The molecule has 0 aliphatic rings. The molecule has 4 nitrogen and oxygen atoms in total. The Balaban J connectivity index is 3.46.